The summed E-state index contributed by atoms with van der Waals surface area (Å²) in [4.78, 5) is 11.6. The fourth-order valence-electron chi connectivity index (χ4n) is 1.86. The minimum absolute atomic E-state index is 0.0279. The lowest BCUT2D eigenvalue weighted by atomic mass is 10.1. The van der Waals surface area contributed by atoms with Crippen molar-refractivity contribution in [2.24, 2.45) is 5.73 Å². The van der Waals surface area contributed by atoms with Crippen LogP contribution < -0.4 is 20.5 Å². The van der Waals surface area contributed by atoms with E-state index in [-0.39, 0.29) is 11.9 Å². The molecule has 0 saturated heterocycles. The Bertz CT molecular complexity index is 478. The molecule has 0 saturated carbocycles. The first-order valence-corrected chi connectivity index (χ1v) is 7.75. The Balaban J connectivity index is 2.68. The molecule has 0 radical (unpaired) electrons. The molecule has 118 valence electrons. The lowest BCUT2D eigenvalue weighted by molar-refractivity contribution is -0.122. The average molecular weight is 359 g/mol. The lowest BCUT2D eigenvalue weighted by Gasteiger charge is -2.14. The third-order valence-electron chi connectivity index (χ3n) is 2.75. The molecule has 1 aromatic rings. The molecule has 0 aliphatic heterocycles. The largest absolute Gasteiger partial charge is 0.493 e. The first-order valence-electron chi connectivity index (χ1n) is 6.96. The van der Waals surface area contributed by atoms with Crippen molar-refractivity contribution in [2.75, 3.05) is 20.3 Å². The smallest absolute Gasteiger partial charge is 0.223 e. The van der Waals surface area contributed by atoms with Crippen LogP contribution in [0.1, 0.15) is 25.8 Å². The van der Waals surface area contributed by atoms with Crippen molar-refractivity contribution in [3.63, 3.8) is 0 Å². The highest BCUT2D eigenvalue weighted by Crippen LogP contribution is 2.36. The van der Waals surface area contributed by atoms with Gasteiger partial charge in [-0.25, -0.2) is 0 Å². The predicted molar refractivity (Wildman–Crippen MR) is 86.8 cm³/mol. The van der Waals surface area contributed by atoms with Gasteiger partial charge < -0.3 is 20.5 Å². The highest BCUT2D eigenvalue weighted by atomic mass is 79.9. The van der Waals surface area contributed by atoms with E-state index in [1.54, 1.807) is 7.11 Å². The molecular formula is C15H23BrN2O3. The maximum Gasteiger partial charge on any atom is 0.223 e. The molecule has 1 rings (SSSR count). The fourth-order valence-corrected chi connectivity index (χ4v) is 2.47. The van der Waals surface area contributed by atoms with Crippen LogP contribution in [0.25, 0.3) is 0 Å². The molecule has 0 aromatic heterocycles. The number of methoxy groups -OCH3 is 1. The summed E-state index contributed by atoms with van der Waals surface area (Å²) in [6.07, 6.45) is 1.07. The van der Waals surface area contributed by atoms with E-state index in [0.29, 0.717) is 31.1 Å². The van der Waals surface area contributed by atoms with E-state index in [1.165, 1.54) is 0 Å². The van der Waals surface area contributed by atoms with Crippen molar-refractivity contribution in [1.29, 1.82) is 0 Å². The molecule has 3 N–H and O–H groups in total. The summed E-state index contributed by atoms with van der Waals surface area (Å²) in [7, 11) is 1.59. The summed E-state index contributed by atoms with van der Waals surface area (Å²) in [5.41, 5.74) is 6.64. The second kappa shape index (κ2) is 8.89. The molecule has 0 heterocycles. The minimum Gasteiger partial charge on any atom is -0.493 e. The molecule has 0 aliphatic rings. The van der Waals surface area contributed by atoms with Crippen LogP contribution in [0.3, 0.4) is 0 Å². The number of carbonyl (C=O) groups is 1. The van der Waals surface area contributed by atoms with Crippen molar-refractivity contribution >= 4 is 21.8 Å². The number of nitrogens with one attached hydrogen (secondary N) is 1. The summed E-state index contributed by atoms with van der Waals surface area (Å²) in [6.45, 7) is 4.72. The van der Waals surface area contributed by atoms with Gasteiger partial charge in [0.25, 0.3) is 0 Å². The lowest BCUT2D eigenvalue weighted by Crippen LogP contribution is -2.31. The van der Waals surface area contributed by atoms with Crippen LogP contribution in [0.4, 0.5) is 0 Å². The van der Waals surface area contributed by atoms with Crippen molar-refractivity contribution in [2.45, 2.75) is 32.7 Å². The average Bonchev–Trinajstić information content (AvgIpc) is 2.40. The maximum atomic E-state index is 11.6. The van der Waals surface area contributed by atoms with Gasteiger partial charge >= 0.3 is 0 Å². The van der Waals surface area contributed by atoms with Crippen LogP contribution in [-0.4, -0.2) is 32.2 Å². The van der Waals surface area contributed by atoms with Gasteiger partial charge in [-0.2, -0.15) is 0 Å². The zero-order chi connectivity index (χ0) is 15.8. The van der Waals surface area contributed by atoms with Gasteiger partial charge in [0.1, 0.15) is 0 Å². The van der Waals surface area contributed by atoms with Gasteiger partial charge in [-0.3, -0.25) is 4.79 Å². The minimum atomic E-state index is -0.0279. The van der Waals surface area contributed by atoms with Gasteiger partial charge in [-0.15, -0.1) is 0 Å². The number of hydrogen-bond acceptors (Lipinski definition) is 4. The Morgan fingerprint density at radius 3 is 2.71 bits per heavy atom. The van der Waals surface area contributed by atoms with E-state index in [2.05, 4.69) is 21.2 Å². The Hall–Kier alpha value is -1.27. The van der Waals surface area contributed by atoms with Crippen LogP contribution in [-0.2, 0) is 11.2 Å². The molecule has 1 amide bonds. The molecule has 0 fully saturated rings. The SMILES string of the molecule is COc1cc(CCN)cc(Br)c1OCCC(=O)NC(C)C. The van der Waals surface area contributed by atoms with Gasteiger partial charge in [0, 0.05) is 6.04 Å². The standard InChI is InChI=1S/C15H23BrN2O3/c1-10(2)18-14(19)5-7-21-15-12(16)8-11(4-6-17)9-13(15)20-3/h8-10H,4-7,17H2,1-3H3,(H,18,19). The second-order valence-electron chi connectivity index (χ2n) is 4.97. The Kier molecular flexibility index (Phi) is 7.53. The number of rotatable bonds is 8. The molecule has 0 bridgehead atoms. The quantitative estimate of drug-likeness (QED) is 0.747. The van der Waals surface area contributed by atoms with Crippen molar-refractivity contribution < 1.29 is 14.3 Å². The Morgan fingerprint density at radius 2 is 2.14 bits per heavy atom. The molecule has 1 aromatic carbocycles. The Labute approximate surface area is 134 Å². The Morgan fingerprint density at radius 1 is 1.43 bits per heavy atom. The third kappa shape index (κ3) is 5.93. The maximum absolute atomic E-state index is 11.6. The number of carbonyl (C=O) groups excluding carboxylic acids is 1. The molecule has 0 spiro atoms. The van der Waals surface area contributed by atoms with Crippen LogP contribution in [0.5, 0.6) is 11.5 Å². The number of ether oxygens (including phenoxy) is 2. The van der Waals surface area contributed by atoms with Crippen molar-refractivity contribution in [3.05, 3.63) is 22.2 Å². The predicted octanol–water partition coefficient (Wildman–Crippen LogP) is 2.25. The van der Waals surface area contributed by atoms with E-state index in [9.17, 15) is 4.79 Å². The van der Waals surface area contributed by atoms with Gasteiger partial charge in [0.05, 0.1) is 24.6 Å². The molecule has 0 aliphatic carbocycles. The molecule has 0 unspecified atom stereocenters. The molecular weight excluding hydrogens is 336 g/mol. The van der Waals surface area contributed by atoms with E-state index in [0.717, 1.165) is 16.5 Å². The van der Waals surface area contributed by atoms with Crippen LogP contribution in [0.15, 0.2) is 16.6 Å². The topological polar surface area (TPSA) is 73.6 Å². The molecule has 21 heavy (non-hydrogen) atoms. The second-order valence-corrected chi connectivity index (χ2v) is 5.82. The zero-order valence-corrected chi connectivity index (χ0v) is 14.3. The highest BCUT2D eigenvalue weighted by molar-refractivity contribution is 9.10. The van der Waals surface area contributed by atoms with Gasteiger partial charge in [-0.05, 0) is 60.4 Å². The summed E-state index contributed by atoms with van der Waals surface area (Å²) in [5, 5.41) is 2.82. The highest BCUT2D eigenvalue weighted by Gasteiger charge is 2.12. The van der Waals surface area contributed by atoms with Crippen LogP contribution >= 0.6 is 15.9 Å². The van der Waals surface area contributed by atoms with Crippen LogP contribution in [0, 0.1) is 0 Å². The first-order chi connectivity index (χ1) is 9.97. The van der Waals surface area contributed by atoms with Gasteiger partial charge in [0.15, 0.2) is 11.5 Å². The number of benzene rings is 1. The number of halogens is 1. The van der Waals surface area contributed by atoms with Crippen molar-refractivity contribution in [1.82, 2.24) is 5.32 Å². The summed E-state index contributed by atoms with van der Waals surface area (Å²) >= 11 is 3.47. The number of hydrogen-bond donors (Lipinski definition) is 2. The van der Waals surface area contributed by atoms with Crippen molar-refractivity contribution in [3.8, 4) is 11.5 Å². The molecule has 0 atom stereocenters. The number of nitrogens with two attached hydrogens (primary N) is 1. The van der Waals surface area contributed by atoms with Crippen LogP contribution in [0.2, 0.25) is 0 Å². The monoisotopic (exact) mass is 358 g/mol. The summed E-state index contributed by atoms with van der Waals surface area (Å²) in [5.74, 6) is 1.22. The molecule has 5 nitrogen and oxygen atoms in total. The normalized spacial score (nSPS) is 10.6. The summed E-state index contributed by atoms with van der Waals surface area (Å²) < 4.78 is 11.8. The van der Waals surface area contributed by atoms with Gasteiger partial charge in [0.2, 0.25) is 5.91 Å². The zero-order valence-electron chi connectivity index (χ0n) is 12.7. The fraction of sp³-hybridized carbons (Fsp3) is 0.533. The van der Waals surface area contributed by atoms with E-state index >= 15 is 0 Å². The third-order valence-corrected chi connectivity index (χ3v) is 3.34. The van der Waals surface area contributed by atoms with E-state index in [4.69, 9.17) is 15.2 Å². The summed E-state index contributed by atoms with van der Waals surface area (Å²) in [6, 6.07) is 3.99. The molecule has 6 heteroatoms. The van der Waals surface area contributed by atoms with E-state index in [1.807, 2.05) is 26.0 Å². The number of amides is 1. The van der Waals surface area contributed by atoms with E-state index < -0.39 is 0 Å². The van der Waals surface area contributed by atoms with Gasteiger partial charge in [-0.1, -0.05) is 0 Å². The first kappa shape index (κ1) is 17.8.